The molecule has 1 saturated heterocycles. The maximum atomic E-state index is 5.51. The molecule has 3 aromatic rings. The van der Waals surface area contributed by atoms with Crippen LogP contribution in [0, 0.1) is 0 Å². The number of aryl methyl sites for hydroxylation is 1. The van der Waals surface area contributed by atoms with Gasteiger partial charge < -0.3 is 9.64 Å². The Hall–Kier alpha value is -2.10. The molecule has 1 spiro atoms. The number of likely N-dealkylation sites (tertiary alicyclic amines) is 1. The second-order valence-electron chi connectivity index (χ2n) is 8.12. The molecule has 0 atom stereocenters. The molecular weight excluding hydrogens is 362 g/mol. The minimum atomic E-state index is 0.299. The summed E-state index contributed by atoms with van der Waals surface area (Å²) >= 11 is 1.81. The van der Waals surface area contributed by atoms with Crippen LogP contribution in [0.15, 0.2) is 53.9 Å². The van der Waals surface area contributed by atoms with Crippen molar-refractivity contribution >= 4 is 27.5 Å². The summed E-state index contributed by atoms with van der Waals surface area (Å²) in [5.74, 6) is 1.000. The summed E-state index contributed by atoms with van der Waals surface area (Å²) in [5.41, 5.74) is 4.75. The number of hydrogen-bond acceptors (Lipinski definition) is 3. The van der Waals surface area contributed by atoms with Gasteiger partial charge in [0, 0.05) is 5.41 Å². The monoisotopic (exact) mass is 389 g/mol. The highest BCUT2D eigenvalue weighted by Crippen LogP contribution is 2.43. The molecule has 0 bridgehead atoms. The predicted octanol–water partition coefficient (Wildman–Crippen LogP) is 5.90. The van der Waals surface area contributed by atoms with Crippen molar-refractivity contribution in [2.45, 2.75) is 31.1 Å². The molecule has 2 aromatic carbocycles. The topological polar surface area (TPSA) is 12.5 Å². The molecule has 5 rings (SSSR count). The van der Waals surface area contributed by atoms with E-state index in [0.29, 0.717) is 5.41 Å². The van der Waals surface area contributed by atoms with Gasteiger partial charge in [0.1, 0.15) is 5.75 Å². The average molecular weight is 390 g/mol. The second-order valence-corrected chi connectivity index (χ2v) is 9.00. The van der Waals surface area contributed by atoms with Gasteiger partial charge in [0.05, 0.1) is 11.8 Å². The first-order valence-electron chi connectivity index (χ1n) is 10.3. The van der Waals surface area contributed by atoms with E-state index in [1.807, 2.05) is 11.3 Å². The molecule has 0 N–H and O–H groups in total. The van der Waals surface area contributed by atoms with Gasteiger partial charge in [0.25, 0.3) is 0 Å². The standard InChI is InChI=1S/C25H27NOS/c1-27-23-10-4-8-21-20(18-28-24(21)23)7-5-15-26-16-13-25(14-17-26)12-11-19-6-2-3-9-22(19)25/h2-4,6,8-12,18H,5,7,13-17H2,1H3. The van der Waals surface area contributed by atoms with Crippen LogP contribution in [0.1, 0.15) is 36.0 Å². The van der Waals surface area contributed by atoms with Gasteiger partial charge in [0.2, 0.25) is 0 Å². The lowest BCUT2D eigenvalue weighted by Crippen LogP contribution is -2.41. The van der Waals surface area contributed by atoms with Gasteiger partial charge in [-0.05, 0) is 78.8 Å². The minimum Gasteiger partial charge on any atom is -0.495 e. The summed E-state index contributed by atoms with van der Waals surface area (Å²) in [6.07, 6.45) is 9.68. The zero-order valence-corrected chi connectivity index (χ0v) is 17.3. The molecule has 2 aliphatic rings. The molecule has 144 valence electrons. The highest BCUT2D eigenvalue weighted by Gasteiger charge is 2.37. The second kappa shape index (κ2) is 7.38. The van der Waals surface area contributed by atoms with Crippen LogP contribution >= 0.6 is 11.3 Å². The van der Waals surface area contributed by atoms with Gasteiger partial charge in [-0.15, -0.1) is 11.3 Å². The molecule has 1 aliphatic heterocycles. The Morgan fingerprint density at radius 2 is 1.93 bits per heavy atom. The third kappa shape index (κ3) is 3.07. The van der Waals surface area contributed by atoms with Gasteiger partial charge in [-0.3, -0.25) is 0 Å². The molecule has 28 heavy (non-hydrogen) atoms. The molecule has 2 heterocycles. The van der Waals surface area contributed by atoms with Crippen molar-refractivity contribution in [3.63, 3.8) is 0 Å². The molecule has 0 unspecified atom stereocenters. The van der Waals surface area contributed by atoms with Crippen molar-refractivity contribution in [1.29, 1.82) is 0 Å². The molecule has 1 fully saturated rings. The smallest absolute Gasteiger partial charge is 0.136 e. The Morgan fingerprint density at radius 1 is 1.07 bits per heavy atom. The van der Waals surface area contributed by atoms with Gasteiger partial charge in [0.15, 0.2) is 0 Å². The maximum absolute atomic E-state index is 5.51. The summed E-state index contributed by atoms with van der Waals surface area (Å²) < 4.78 is 6.79. The summed E-state index contributed by atoms with van der Waals surface area (Å²) in [7, 11) is 1.76. The Morgan fingerprint density at radius 3 is 2.79 bits per heavy atom. The number of fused-ring (bicyclic) bond motifs is 3. The Labute approximate surface area is 171 Å². The van der Waals surface area contributed by atoms with E-state index in [0.717, 1.165) is 12.2 Å². The molecular formula is C25H27NOS. The first-order chi connectivity index (χ1) is 13.8. The number of ether oxygens (including phenoxy) is 1. The summed E-state index contributed by atoms with van der Waals surface area (Å²) in [6, 6.07) is 15.3. The maximum Gasteiger partial charge on any atom is 0.136 e. The molecule has 1 aliphatic carbocycles. The van der Waals surface area contributed by atoms with Crippen molar-refractivity contribution in [2.24, 2.45) is 0 Å². The Bertz CT molecular complexity index is 1010. The highest BCUT2D eigenvalue weighted by atomic mass is 32.1. The first-order valence-corrected chi connectivity index (χ1v) is 11.2. The number of piperidine rings is 1. The van der Waals surface area contributed by atoms with E-state index in [2.05, 4.69) is 64.9 Å². The minimum absolute atomic E-state index is 0.299. The summed E-state index contributed by atoms with van der Waals surface area (Å²) in [4.78, 5) is 2.66. The first kappa shape index (κ1) is 18.0. The van der Waals surface area contributed by atoms with E-state index in [1.54, 1.807) is 12.7 Å². The van der Waals surface area contributed by atoms with Crippen LogP contribution < -0.4 is 4.74 Å². The molecule has 3 heteroatoms. The van der Waals surface area contributed by atoms with Gasteiger partial charge >= 0.3 is 0 Å². The van der Waals surface area contributed by atoms with E-state index < -0.39 is 0 Å². The third-order valence-electron chi connectivity index (χ3n) is 6.61. The van der Waals surface area contributed by atoms with Crippen molar-refractivity contribution in [2.75, 3.05) is 26.7 Å². The number of methoxy groups -OCH3 is 1. The Balaban J connectivity index is 1.18. The van der Waals surface area contributed by atoms with Gasteiger partial charge in [-0.25, -0.2) is 0 Å². The van der Waals surface area contributed by atoms with Crippen LogP contribution in [0.2, 0.25) is 0 Å². The van der Waals surface area contributed by atoms with E-state index in [4.69, 9.17) is 4.74 Å². The molecule has 0 radical (unpaired) electrons. The van der Waals surface area contributed by atoms with Crippen molar-refractivity contribution in [3.8, 4) is 5.75 Å². The fraction of sp³-hybridized carbons (Fsp3) is 0.360. The van der Waals surface area contributed by atoms with Gasteiger partial charge in [-0.1, -0.05) is 48.6 Å². The molecule has 0 saturated carbocycles. The molecule has 1 aromatic heterocycles. The lowest BCUT2D eigenvalue weighted by molar-refractivity contribution is 0.183. The molecule has 0 amide bonds. The van der Waals surface area contributed by atoms with E-state index in [-0.39, 0.29) is 0 Å². The van der Waals surface area contributed by atoms with Crippen LogP contribution in [-0.2, 0) is 11.8 Å². The number of rotatable bonds is 5. The normalized spacial score (nSPS) is 18.0. The van der Waals surface area contributed by atoms with Crippen LogP contribution in [0.4, 0.5) is 0 Å². The van der Waals surface area contributed by atoms with Gasteiger partial charge in [-0.2, -0.15) is 0 Å². The number of nitrogens with zero attached hydrogens (tertiary/aromatic N) is 1. The van der Waals surface area contributed by atoms with E-state index in [9.17, 15) is 0 Å². The lowest BCUT2D eigenvalue weighted by atomic mass is 9.74. The van der Waals surface area contributed by atoms with E-state index >= 15 is 0 Å². The van der Waals surface area contributed by atoms with Crippen LogP contribution in [-0.4, -0.2) is 31.6 Å². The molecule has 2 nitrogen and oxygen atoms in total. The third-order valence-corrected chi connectivity index (χ3v) is 7.67. The van der Waals surface area contributed by atoms with E-state index in [1.165, 1.54) is 60.1 Å². The summed E-state index contributed by atoms with van der Waals surface area (Å²) in [6.45, 7) is 3.61. The average Bonchev–Trinajstić information content (AvgIpc) is 3.32. The fourth-order valence-electron chi connectivity index (χ4n) is 4.98. The number of allylic oxidation sites excluding steroid dienone is 1. The zero-order valence-electron chi connectivity index (χ0n) is 16.5. The van der Waals surface area contributed by atoms with Crippen molar-refractivity contribution in [3.05, 3.63) is 70.6 Å². The predicted molar refractivity (Wildman–Crippen MR) is 120 cm³/mol. The zero-order chi connectivity index (χ0) is 19.0. The lowest BCUT2D eigenvalue weighted by Gasteiger charge is -2.39. The number of hydrogen-bond donors (Lipinski definition) is 0. The van der Waals surface area contributed by atoms with Crippen molar-refractivity contribution < 1.29 is 4.74 Å². The SMILES string of the molecule is COc1cccc2c(CCCN3CCC4(C=Cc5ccccc54)CC3)csc12. The van der Waals surface area contributed by atoms with Crippen molar-refractivity contribution in [1.82, 2.24) is 4.90 Å². The highest BCUT2D eigenvalue weighted by molar-refractivity contribution is 7.17. The summed E-state index contributed by atoms with van der Waals surface area (Å²) in [5, 5.41) is 3.69. The quantitative estimate of drug-likeness (QED) is 0.538. The Kier molecular flexibility index (Phi) is 4.73. The number of benzene rings is 2. The number of thiophene rings is 1. The van der Waals surface area contributed by atoms with Crippen LogP contribution in [0.5, 0.6) is 5.75 Å². The largest absolute Gasteiger partial charge is 0.495 e. The fourth-order valence-corrected chi connectivity index (χ4v) is 6.08. The van der Waals surface area contributed by atoms with Crippen LogP contribution in [0.25, 0.3) is 16.2 Å². The van der Waals surface area contributed by atoms with Crippen LogP contribution in [0.3, 0.4) is 0 Å².